The van der Waals surface area contributed by atoms with Crippen molar-refractivity contribution in [1.29, 1.82) is 0 Å². The predicted molar refractivity (Wildman–Crippen MR) is 89.5 cm³/mol. The van der Waals surface area contributed by atoms with Crippen LogP contribution in [-0.4, -0.2) is 47.5 Å². The predicted octanol–water partition coefficient (Wildman–Crippen LogP) is 1.62. The fraction of sp³-hybridized carbons (Fsp3) is 0.400. The van der Waals surface area contributed by atoms with Gasteiger partial charge in [-0.1, -0.05) is 23.9 Å². The minimum Gasteiger partial charge on any atom is -0.383 e. The molecule has 0 bridgehead atoms. The molecule has 0 atom stereocenters. The van der Waals surface area contributed by atoms with Crippen LogP contribution in [0.4, 0.5) is 4.79 Å². The topological polar surface area (TPSA) is 85.2 Å². The lowest BCUT2D eigenvalue weighted by molar-refractivity contribution is -0.117. The summed E-state index contributed by atoms with van der Waals surface area (Å²) in [5.74, 6) is -0.235. The summed E-state index contributed by atoms with van der Waals surface area (Å²) >= 11 is 1.31. The second kappa shape index (κ2) is 8.54. The Bertz CT molecular complexity index is 686. The number of imidazole rings is 1. The molecule has 2 aromatic rings. The van der Waals surface area contributed by atoms with Gasteiger partial charge in [0.15, 0.2) is 5.16 Å². The number of nitrogens with one attached hydrogen (secondary N) is 2. The number of urea groups is 1. The van der Waals surface area contributed by atoms with Crippen LogP contribution in [0.5, 0.6) is 0 Å². The summed E-state index contributed by atoms with van der Waals surface area (Å²) in [5, 5.41) is 5.58. The van der Waals surface area contributed by atoms with Gasteiger partial charge in [-0.2, -0.15) is 0 Å². The second-order valence-corrected chi connectivity index (χ2v) is 5.66. The molecule has 0 spiro atoms. The SMILES string of the molecule is CCn1c(SCC(=O)NC(=O)NCCOC)nc2ccccc21. The molecular weight excluding hydrogens is 316 g/mol. The molecule has 8 heteroatoms. The number of fused-ring (bicyclic) bond motifs is 1. The zero-order valence-electron chi connectivity index (χ0n) is 13.2. The van der Waals surface area contributed by atoms with E-state index in [0.29, 0.717) is 13.2 Å². The molecule has 2 N–H and O–H groups in total. The number of amides is 3. The van der Waals surface area contributed by atoms with Crippen LogP contribution in [-0.2, 0) is 16.1 Å². The number of rotatable bonds is 7. The highest BCUT2D eigenvalue weighted by atomic mass is 32.2. The number of aromatic nitrogens is 2. The number of carbonyl (C=O) groups is 2. The lowest BCUT2D eigenvalue weighted by Crippen LogP contribution is -2.41. The number of ether oxygens (including phenoxy) is 1. The van der Waals surface area contributed by atoms with Crippen molar-refractivity contribution >= 4 is 34.7 Å². The quantitative estimate of drug-likeness (QED) is 0.593. The van der Waals surface area contributed by atoms with E-state index in [2.05, 4.69) is 15.6 Å². The maximum atomic E-state index is 11.8. The number of benzene rings is 1. The average molecular weight is 336 g/mol. The molecule has 0 aliphatic carbocycles. The number of aryl methyl sites for hydroxylation is 1. The monoisotopic (exact) mass is 336 g/mol. The first-order valence-corrected chi connectivity index (χ1v) is 8.29. The fourth-order valence-corrected chi connectivity index (χ4v) is 2.95. The summed E-state index contributed by atoms with van der Waals surface area (Å²) in [7, 11) is 1.54. The molecule has 3 amide bonds. The Hall–Kier alpha value is -2.06. The minimum absolute atomic E-state index is 0.126. The average Bonchev–Trinajstić information content (AvgIpc) is 2.90. The van der Waals surface area contributed by atoms with Gasteiger partial charge in [0.1, 0.15) is 0 Å². The van der Waals surface area contributed by atoms with Crippen molar-refractivity contribution in [2.75, 3.05) is 26.0 Å². The van der Waals surface area contributed by atoms with Gasteiger partial charge in [-0.25, -0.2) is 9.78 Å². The molecule has 0 unspecified atom stereocenters. The van der Waals surface area contributed by atoms with E-state index < -0.39 is 6.03 Å². The molecule has 0 saturated carbocycles. The molecule has 0 aliphatic rings. The van der Waals surface area contributed by atoms with E-state index in [9.17, 15) is 9.59 Å². The summed E-state index contributed by atoms with van der Waals surface area (Å²) in [5.41, 5.74) is 1.93. The van der Waals surface area contributed by atoms with Gasteiger partial charge in [0.05, 0.1) is 23.4 Å². The van der Waals surface area contributed by atoms with Crippen molar-refractivity contribution in [1.82, 2.24) is 20.2 Å². The van der Waals surface area contributed by atoms with Crippen molar-refractivity contribution in [3.05, 3.63) is 24.3 Å². The Balaban J connectivity index is 1.90. The number of imide groups is 1. The third-order valence-corrected chi connectivity index (χ3v) is 4.09. The Morgan fingerprint density at radius 2 is 2.13 bits per heavy atom. The van der Waals surface area contributed by atoms with Gasteiger partial charge in [0.25, 0.3) is 0 Å². The van der Waals surface area contributed by atoms with E-state index in [4.69, 9.17) is 4.74 Å². The molecule has 2 rings (SSSR count). The molecule has 0 aliphatic heterocycles. The van der Waals surface area contributed by atoms with Crippen LogP contribution in [0.2, 0.25) is 0 Å². The zero-order chi connectivity index (χ0) is 16.7. The number of hydrogen-bond donors (Lipinski definition) is 2. The Kier molecular flexibility index (Phi) is 6.42. The fourth-order valence-electron chi connectivity index (χ4n) is 2.07. The summed E-state index contributed by atoms with van der Waals surface area (Å²) in [4.78, 5) is 27.8. The van der Waals surface area contributed by atoms with E-state index in [-0.39, 0.29) is 11.7 Å². The molecule has 1 aromatic carbocycles. The number of methoxy groups -OCH3 is 1. The number of carbonyl (C=O) groups excluding carboxylic acids is 2. The standard InChI is InChI=1S/C15H20N4O3S/c1-3-19-12-7-5-4-6-11(12)17-15(19)23-10-13(20)18-14(21)16-8-9-22-2/h4-7H,3,8-10H2,1-2H3,(H2,16,18,20,21). The van der Waals surface area contributed by atoms with Crippen LogP contribution in [0.1, 0.15) is 6.92 Å². The van der Waals surface area contributed by atoms with E-state index in [1.165, 1.54) is 11.8 Å². The molecule has 23 heavy (non-hydrogen) atoms. The van der Waals surface area contributed by atoms with Gasteiger partial charge in [0, 0.05) is 20.2 Å². The van der Waals surface area contributed by atoms with Gasteiger partial charge in [-0.3, -0.25) is 10.1 Å². The maximum Gasteiger partial charge on any atom is 0.321 e. The van der Waals surface area contributed by atoms with Crippen molar-refractivity contribution < 1.29 is 14.3 Å². The first-order chi connectivity index (χ1) is 11.2. The maximum absolute atomic E-state index is 11.8. The molecule has 1 heterocycles. The first kappa shape index (κ1) is 17.3. The van der Waals surface area contributed by atoms with E-state index >= 15 is 0 Å². The van der Waals surface area contributed by atoms with Crippen LogP contribution < -0.4 is 10.6 Å². The molecule has 124 valence electrons. The molecule has 7 nitrogen and oxygen atoms in total. The van der Waals surface area contributed by atoms with Gasteiger partial charge in [0.2, 0.25) is 5.91 Å². The Labute approximate surface area is 138 Å². The Morgan fingerprint density at radius 1 is 1.35 bits per heavy atom. The van der Waals surface area contributed by atoms with Crippen molar-refractivity contribution in [2.45, 2.75) is 18.6 Å². The molecule has 0 saturated heterocycles. The molecule has 0 radical (unpaired) electrons. The van der Waals surface area contributed by atoms with Gasteiger partial charge in [-0.05, 0) is 19.1 Å². The highest BCUT2D eigenvalue weighted by Crippen LogP contribution is 2.23. The van der Waals surface area contributed by atoms with Crippen molar-refractivity contribution in [3.63, 3.8) is 0 Å². The van der Waals surface area contributed by atoms with Gasteiger partial charge < -0.3 is 14.6 Å². The first-order valence-electron chi connectivity index (χ1n) is 7.30. The highest BCUT2D eigenvalue weighted by molar-refractivity contribution is 7.99. The van der Waals surface area contributed by atoms with Gasteiger partial charge >= 0.3 is 6.03 Å². The van der Waals surface area contributed by atoms with Crippen LogP contribution >= 0.6 is 11.8 Å². The molecular formula is C15H20N4O3S. The van der Waals surface area contributed by atoms with Crippen LogP contribution in [0.25, 0.3) is 11.0 Å². The zero-order valence-corrected chi connectivity index (χ0v) is 14.0. The third-order valence-electron chi connectivity index (χ3n) is 3.11. The lowest BCUT2D eigenvalue weighted by Gasteiger charge is -2.07. The van der Waals surface area contributed by atoms with E-state index in [1.54, 1.807) is 7.11 Å². The number of hydrogen-bond acceptors (Lipinski definition) is 5. The largest absolute Gasteiger partial charge is 0.383 e. The van der Waals surface area contributed by atoms with E-state index in [0.717, 1.165) is 22.7 Å². The number of para-hydroxylation sites is 2. The third kappa shape index (κ3) is 4.70. The Morgan fingerprint density at radius 3 is 2.87 bits per heavy atom. The highest BCUT2D eigenvalue weighted by Gasteiger charge is 2.13. The van der Waals surface area contributed by atoms with Crippen LogP contribution in [0.3, 0.4) is 0 Å². The normalized spacial score (nSPS) is 10.7. The van der Waals surface area contributed by atoms with Crippen LogP contribution in [0.15, 0.2) is 29.4 Å². The summed E-state index contributed by atoms with van der Waals surface area (Å²) in [6, 6.07) is 7.31. The van der Waals surface area contributed by atoms with Gasteiger partial charge in [-0.15, -0.1) is 0 Å². The number of nitrogens with zero attached hydrogens (tertiary/aromatic N) is 2. The van der Waals surface area contributed by atoms with Crippen molar-refractivity contribution in [3.8, 4) is 0 Å². The summed E-state index contributed by atoms with van der Waals surface area (Å²) in [6.07, 6.45) is 0. The van der Waals surface area contributed by atoms with Crippen LogP contribution in [0, 0.1) is 0 Å². The second-order valence-electron chi connectivity index (χ2n) is 4.71. The molecule has 0 fully saturated rings. The summed E-state index contributed by atoms with van der Waals surface area (Å²) in [6.45, 7) is 3.55. The minimum atomic E-state index is -0.517. The number of thioether (sulfide) groups is 1. The lowest BCUT2D eigenvalue weighted by atomic mass is 10.3. The smallest absolute Gasteiger partial charge is 0.321 e. The summed E-state index contributed by atoms with van der Waals surface area (Å²) < 4.78 is 6.86. The van der Waals surface area contributed by atoms with E-state index in [1.807, 2.05) is 35.8 Å². The molecule has 1 aromatic heterocycles. The van der Waals surface area contributed by atoms with Crippen molar-refractivity contribution in [2.24, 2.45) is 0 Å².